The minimum absolute atomic E-state index is 0. The monoisotopic (exact) mass is 394 g/mol. The van der Waals surface area contributed by atoms with E-state index in [4.69, 9.17) is 5.73 Å². The Morgan fingerprint density at radius 3 is 2.67 bits per heavy atom. The van der Waals surface area contributed by atoms with Crippen molar-refractivity contribution in [2.75, 3.05) is 13.1 Å². The lowest BCUT2D eigenvalue weighted by Gasteiger charge is -2.25. The number of carbonyl (C=O) groups is 1. The highest BCUT2D eigenvalue weighted by Gasteiger charge is 2.44. The van der Waals surface area contributed by atoms with Crippen molar-refractivity contribution in [1.29, 1.82) is 0 Å². The molecule has 1 aliphatic carbocycles. The van der Waals surface area contributed by atoms with Crippen molar-refractivity contribution in [3.8, 4) is 0 Å². The summed E-state index contributed by atoms with van der Waals surface area (Å²) in [5.41, 5.74) is 7.07. The molecule has 4 rings (SSSR count). The Morgan fingerprint density at radius 2 is 2.04 bits per heavy atom. The number of rotatable bonds is 4. The SMILES string of the molecule is Cc1nnnn1C(Cc1ccc(F)cc1)C(=O)N1CC2CCC(N)C2C1.Cl. The van der Waals surface area contributed by atoms with Crippen molar-refractivity contribution in [2.45, 2.75) is 38.3 Å². The van der Waals surface area contributed by atoms with Crippen molar-refractivity contribution < 1.29 is 9.18 Å². The van der Waals surface area contributed by atoms with Crippen molar-refractivity contribution in [2.24, 2.45) is 17.6 Å². The Kier molecular flexibility index (Phi) is 5.76. The summed E-state index contributed by atoms with van der Waals surface area (Å²) >= 11 is 0. The summed E-state index contributed by atoms with van der Waals surface area (Å²) < 4.78 is 14.8. The van der Waals surface area contributed by atoms with E-state index < -0.39 is 6.04 Å². The largest absolute Gasteiger partial charge is 0.340 e. The summed E-state index contributed by atoms with van der Waals surface area (Å²) in [5, 5.41) is 11.6. The summed E-state index contributed by atoms with van der Waals surface area (Å²) in [4.78, 5) is 15.2. The molecule has 2 N–H and O–H groups in total. The first-order chi connectivity index (χ1) is 12.5. The van der Waals surface area contributed by atoms with Gasteiger partial charge in [0.2, 0.25) is 5.91 Å². The van der Waals surface area contributed by atoms with E-state index >= 15 is 0 Å². The predicted molar refractivity (Wildman–Crippen MR) is 99.7 cm³/mol. The fourth-order valence-electron chi connectivity index (χ4n) is 4.35. The second-order valence-corrected chi connectivity index (χ2v) is 7.43. The summed E-state index contributed by atoms with van der Waals surface area (Å²) in [6.07, 6.45) is 2.55. The van der Waals surface area contributed by atoms with Gasteiger partial charge in [0.05, 0.1) is 0 Å². The smallest absolute Gasteiger partial charge is 0.247 e. The van der Waals surface area contributed by atoms with Gasteiger partial charge in [0.15, 0.2) is 0 Å². The molecule has 2 heterocycles. The molecule has 0 bridgehead atoms. The third-order valence-electron chi connectivity index (χ3n) is 5.80. The average Bonchev–Trinajstić information content (AvgIpc) is 3.32. The molecule has 1 saturated heterocycles. The van der Waals surface area contributed by atoms with E-state index in [0.717, 1.165) is 24.9 Å². The van der Waals surface area contributed by atoms with Crippen LogP contribution in [-0.4, -0.2) is 50.1 Å². The third-order valence-corrected chi connectivity index (χ3v) is 5.80. The highest BCUT2D eigenvalue weighted by Crippen LogP contribution is 2.38. The molecule has 4 atom stereocenters. The molecule has 0 radical (unpaired) electrons. The normalized spacial score (nSPS) is 25.1. The van der Waals surface area contributed by atoms with Crippen LogP contribution in [0, 0.1) is 24.6 Å². The zero-order chi connectivity index (χ0) is 18.3. The van der Waals surface area contributed by atoms with Crippen molar-refractivity contribution in [3.05, 3.63) is 41.5 Å². The highest BCUT2D eigenvalue weighted by atomic mass is 35.5. The molecule has 146 valence electrons. The van der Waals surface area contributed by atoms with Gasteiger partial charge in [-0.05, 0) is 59.7 Å². The van der Waals surface area contributed by atoms with Gasteiger partial charge in [-0.2, -0.15) is 0 Å². The number of aryl methyl sites for hydroxylation is 1. The van der Waals surface area contributed by atoms with E-state index in [1.807, 2.05) is 4.90 Å². The number of carbonyl (C=O) groups excluding carboxylic acids is 1. The van der Waals surface area contributed by atoms with Gasteiger partial charge in [0, 0.05) is 25.6 Å². The molecule has 2 aliphatic rings. The minimum Gasteiger partial charge on any atom is -0.340 e. The summed E-state index contributed by atoms with van der Waals surface area (Å²) in [6, 6.07) is 5.85. The van der Waals surface area contributed by atoms with Crippen molar-refractivity contribution in [1.82, 2.24) is 25.1 Å². The molecule has 0 spiro atoms. The topological polar surface area (TPSA) is 89.9 Å². The lowest BCUT2D eigenvalue weighted by Crippen LogP contribution is -2.39. The fourth-order valence-corrected chi connectivity index (χ4v) is 4.35. The molecular weight excluding hydrogens is 371 g/mol. The standard InChI is InChI=1S/C18H23FN6O.ClH/c1-11-21-22-23-25(11)17(8-12-2-5-14(19)6-3-12)18(26)24-9-13-4-7-16(20)15(13)10-24;/h2-3,5-6,13,15-17H,4,7-10,20H2,1H3;1H. The van der Waals surface area contributed by atoms with Crippen LogP contribution in [0.5, 0.6) is 0 Å². The number of hydrogen-bond acceptors (Lipinski definition) is 5. The number of halogens is 2. The van der Waals surface area contributed by atoms with E-state index in [9.17, 15) is 9.18 Å². The van der Waals surface area contributed by atoms with Crippen molar-refractivity contribution in [3.63, 3.8) is 0 Å². The number of fused-ring (bicyclic) bond motifs is 1. The Bertz CT molecular complexity index is 797. The summed E-state index contributed by atoms with van der Waals surface area (Å²) in [6.45, 7) is 3.23. The van der Waals surface area contributed by atoms with Crippen LogP contribution in [0.15, 0.2) is 24.3 Å². The zero-order valence-corrected chi connectivity index (χ0v) is 16.0. The van der Waals surface area contributed by atoms with E-state index in [1.54, 1.807) is 23.7 Å². The van der Waals surface area contributed by atoms with Gasteiger partial charge < -0.3 is 10.6 Å². The van der Waals surface area contributed by atoms with Gasteiger partial charge in [-0.25, -0.2) is 9.07 Å². The van der Waals surface area contributed by atoms with Gasteiger partial charge in [-0.15, -0.1) is 17.5 Å². The van der Waals surface area contributed by atoms with Gasteiger partial charge in [-0.3, -0.25) is 4.79 Å². The molecule has 2 fully saturated rings. The molecule has 1 saturated carbocycles. The molecular formula is C18H24ClFN6O. The van der Waals surface area contributed by atoms with E-state index in [1.165, 1.54) is 12.1 Å². The van der Waals surface area contributed by atoms with E-state index in [0.29, 0.717) is 30.6 Å². The number of tetrazole rings is 1. The zero-order valence-electron chi connectivity index (χ0n) is 15.2. The lowest BCUT2D eigenvalue weighted by atomic mass is 9.98. The average molecular weight is 395 g/mol. The molecule has 1 aromatic heterocycles. The lowest BCUT2D eigenvalue weighted by molar-refractivity contribution is -0.134. The maximum absolute atomic E-state index is 13.3. The molecule has 1 amide bonds. The quantitative estimate of drug-likeness (QED) is 0.849. The van der Waals surface area contributed by atoms with Gasteiger partial charge in [0.25, 0.3) is 0 Å². The Labute approximate surface area is 163 Å². The number of hydrogen-bond donors (Lipinski definition) is 1. The minimum atomic E-state index is -0.537. The first-order valence-electron chi connectivity index (χ1n) is 9.06. The first kappa shape index (κ1) is 19.7. The predicted octanol–water partition coefficient (Wildman–Crippen LogP) is 1.52. The van der Waals surface area contributed by atoms with Crippen LogP contribution >= 0.6 is 12.4 Å². The number of amides is 1. The number of aromatic nitrogens is 4. The van der Waals surface area contributed by atoms with Gasteiger partial charge in [0.1, 0.15) is 17.7 Å². The molecule has 27 heavy (non-hydrogen) atoms. The molecule has 1 aromatic carbocycles. The fraction of sp³-hybridized carbons (Fsp3) is 0.556. The van der Waals surface area contributed by atoms with Crippen LogP contribution in [0.2, 0.25) is 0 Å². The second-order valence-electron chi connectivity index (χ2n) is 7.43. The molecule has 2 aromatic rings. The Hall–Kier alpha value is -2.06. The number of nitrogens with zero attached hydrogens (tertiary/aromatic N) is 5. The number of nitrogens with two attached hydrogens (primary N) is 1. The van der Waals surface area contributed by atoms with Crippen LogP contribution < -0.4 is 5.73 Å². The van der Waals surface area contributed by atoms with Crippen LogP contribution in [0.3, 0.4) is 0 Å². The molecule has 7 nitrogen and oxygen atoms in total. The molecule has 1 aliphatic heterocycles. The van der Waals surface area contributed by atoms with Gasteiger partial charge in [-0.1, -0.05) is 12.1 Å². The van der Waals surface area contributed by atoms with Crippen LogP contribution in [0.25, 0.3) is 0 Å². The maximum atomic E-state index is 13.3. The maximum Gasteiger partial charge on any atom is 0.247 e. The first-order valence-corrected chi connectivity index (χ1v) is 9.06. The molecule has 9 heteroatoms. The second kappa shape index (κ2) is 7.90. The van der Waals surface area contributed by atoms with Crippen molar-refractivity contribution >= 4 is 18.3 Å². The van der Waals surface area contributed by atoms with E-state index in [2.05, 4.69) is 15.5 Å². The van der Waals surface area contributed by atoms with E-state index in [-0.39, 0.29) is 30.2 Å². The summed E-state index contributed by atoms with van der Waals surface area (Å²) in [7, 11) is 0. The summed E-state index contributed by atoms with van der Waals surface area (Å²) in [5.74, 6) is 1.18. The van der Waals surface area contributed by atoms with Gasteiger partial charge >= 0.3 is 0 Å². The third kappa shape index (κ3) is 3.82. The Morgan fingerprint density at radius 1 is 1.30 bits per heavy atom. The van der Waals surface area contributed by atoms with Crippen LogP contribution in [0.4, 0.5) is 4.39 Å². The number of benzene rings is 1. The van der Waals surface area contributed by atoms with Crippen LogP contribution in [-0.2, 0) is 11.2 Å². The Balaban J connectivity index is 0.00000210. The number of likely N-dealkylation sites (tertiary alicyclic amines) is 1. The van der Waals surface area contributed by atoms with Crippen LogP contribution in [0.1, 0.15) is 30.3 Å². The molecule has 4 unspecified atom stereocenters. The highest BCUT2D eigenvalue weighted by molar-refractivity contribution is 5.85.